The monoisotopic (exact) mass is 275 g/mol. The fourth-order valence-electron chi connectivity index (χ4n) is 1.55. The van der Waals surface area contributed by atoms with Crippen LogP contribution in [-0.4, -0.2) is 41.2 Å². The molecule has 102 valence electrons. The number of imide groups is 1. The average molecular weight is 275 g/mol. The predicted octanol–water partition coefficient (Wildman–Crippen LogP) is 1.25. The van der Waals surface area contributed by atoms with Crippen LogP contribution in [0.5, 0.6) is 0 Å². The van der Waals surface area contributed by atoms with E-state index >= 15 is 0 Å². The molecule has 1 fully saturated rings. The number of hydrogen-bond donors (Lipinski definition) is 2. The van der Waals surface area contributed by atoms with Gasteiger partial charge in [0, 0.05) is 0 Å². The number of nitrogens with one attached hydrogen (secondary N) is 1. The van der Waals surface area contributed by atoms with Crippen molar-refractivity contribution in [1.82, 2.24) is 5.32 Å². The van der Waals surface area contributed by atoms with Crippen molar-refractivity contribution in [2.75, 3.05) is 18.1 Å². The molecule has 0 spiro atoms. The second kappa shape index (κ2) is 6.63. The van der Waals surface area contributed by atoms with Crippen LogP contribution in [-0.2, 0) is 14.3 Å². The number of carbonyl (C=O) groups excluding carboxylic acids is 2. The summed E-state index contributed by atoms with van der Waals surface area (Å²) in [6.07, 6.45) is 1.20. The number of carbonyl (C=O) groups is 3. The maximum Gasteiger partial charge on any atom is 0.413 e. The van der Waals surface area contributed by atoms with Crippen molar-refractivity contribution in [2.24, 2.45) is 5.41 Å². The summed E-state index contributed by atoms with van der Waals surface area (Å²) >= 11 is 1.35. The Morgan fingerprint density at radius 3 is 2.56 bits per heavy atom. The molecule has 18 heavy (non-hydrogen) atoms. The minimum absolute atomic E-state index is 0.138. The molecule has 0 heterocycles. The highest BCUT2D eigenvalue weighted by molar-refractivity contribution is 8.00. The maximum absolute atomic E-state index is 11.3. The molecule has 0 unspecified atom stereocenters. The molecule has 1 aliphatic carbocycles. The molecule has 1 rings (SSSR count). The fourth-order valence-corrected chi connectivity index (χ4v) is 2.73. The molecular formula is C11H17NO5S. The number of thioether (sulfide) groups is 1. The summed E-state index contributed by atoms with van der Waals surface area (Å²) in [6.45, 7) is 1.87. The highest BCUT2D eigenvalue weighted by Crippen LogP contribution is 2.50. The summed E-state index contributed by atoms with van der Waals surface area (Å²) in [6, 6.07) is 0. The van der Waals surface area contributed by atoms with Crippen LogP contribution < -0.4 is 5.32 Å². The van der Waals surface area contributed by atoms with Gasteiger partial charge in [-0.3, -0.25) is 14.9 Å². The smallest absolute Gasteiger partial charge is 0.413 e. The third-order valence-electron chi connectivity index (χ3n) is 2.64. The molecule has 2 amide bonds. The summed E-state index contributed by atoms with van der Waals surface area (Å²) < 4.78 is 4.57. The molecule has 0 atom stereocenters. The molecule has 0 aromatic rings. The van der Waals surface area contributed by atoms with Crippen molar-refractivity contribution in [2.45, 2.75) is 26.2 Å². The van der Waals surface area contributed by atoms with Crippen LogP contribution in [0.15, 0.2) is 0 Å². The van der Waals surface area contributed by atoms with Crippen LogP contribution in [0.25, 0.3) is 0 Å². The Morgan fingerprint density at radius 1 is 1.39 bits per heavy atom. The number of rotatable bonds is 7. The maximum atomic E-state index is 11.3. The van der Waals surface area contributed by atoms with E-state index in [9.17, 15) is 14.4 Å². The lowest BCUT2D eigenvalue weighted by Crippen LogP contribution is -2.32. The van der Waals surface area contributed by atoms with E-state index in [0.717, 1.165) is 12.8 Å². The van der Waals surface area contributed by atoms with E-state index < -0.39 is 18.0 Å². The lowest BCUT2D eigenvalue weighted by molar-refractivity contribution is -0.138. The van der Waals surface area contributed by atoms with Gasteiger partial charge in [-0.2, -0.15) is 11.8 Å². The van der Waals surface area contributed by atoms with Crippen molar-refractivity contribution in [1.29, 1.82) is 0 Å². The van der Waals surface area contributed by atoms with Crippen LogP contribution in [0.3, 0.4) is 0 Å². The highest BCUT2D eigenvalue weighted by atomic mass is 32.2. The number of hydrogen-bond acceptors (Lipinski definition) is 5. The molecule has 0 aromatic carbocycles. The molecule has 0 saturated heterocycles. The van der Waals surface area contributed by atoms with Crippen LogP contribution in [0.1, 0.15) is 26.2 Å². The summed E-state index contributed by atoms with van der Waals surface area (Å²) in [5.74, 6) is -0.441. The van der Waals surface area contributed by atoms with E-state index in [1.807, 2.05) is 0 Å². The minimum atomic E-state index is -0.802. The molecule has 0 radical (unpaired) electrons. The van der Waals surface area contributed by atoms with Gasteiger partial charge in [0.2, 0.25) is 5.91 Å². The van der Waals surface area contributed by atoms with E-state index in [-0.39, 0.29) is 24.2 Å². The first kappa shape index (κ1) is 14.8. The summed E-state index contributed by atoms with van der Waals surface area (Å²) in [4.78, 5) is 32.9. The first-order valence-electron chi connectivity index (χ1n) is 5.73. The molecular weight excluding hydrogens is 258 g/mol. The normalized spacial score (nSPS) is 15.8. The quantitative estimate of drug-likeness (QED) is 0.726. The average Bonchev–Trinajstić information content (AvgIpc) is 2.96. The molecule has 1 saturated carbocycles. The standard InChI is InChI=1S/C11H17NO5S/c1-2-17-10(16)12-8(13)6-18-7-11(3-4-11)5-9(14)15/h2-7H2,1H3,(H,14,15)(H,12,13,16). The zero-order valence-corrected chi connectivity index (χ0v) is 11.0. The second-order valence-electron chi connectivity index (χ2n) is 4.33. The first-order chi connectivity index (χ1) is 8.47. The number of carboxylic acids is 1. The van der Waals surface area contributed by atoms with E-state index in [1.165, 1.54) is 11.8 Å². The Morgan fingerprint density at radius 2 is 2.06 bits per heavy atom. The number of amides is 2. The van der Waals surface area contributed by atoms with Crippen LogP contribution in [0, 0.1) is 5.41 Å². The largest absolute Gasteiger partial charge is 0.481 e. The van der Waals surface area contributed by atoms with Gasteiger partial charge in [-0.1, -0.05) is 0 Å². The first-order valence-corrected chi connectivity index (χ1v) is 6.89. The minimum Gasteiger partial charge on any atom is -0.481 e. The van der Waals surface area contributed by atoms with E-state index in [2.05, 4.69) is 10.1 Å². The zero-order valence-electron chi connectivity index (χ0n) is 10.2. The lowest BCUT2D eigenvalue weighted by Gasteiger charge is -2.11. The topological polar surface area (TPSA) is 92.7 Å². The fraction of sp³-hybridized carbons (Fsp3) is 0.727. The summed E-state index contributed by atoms with van der Waals surface area (Å²) in [5.41, 5.74) is -0.138. The predicted molar refractivity (Wildman–Crippen MR) is 66.4 cm³/mol. The van der Waals surface area contributed by atoms with Gasteiger partial charge in [0.25, 0.3) is 0 Å². The summed E-state index contributed by atoms with van der Waals surface area (Å²) in [7, 11) is 0. The zero-order chi connectivity index (χ0) is 13.6. The Kier molecular flexibility index (Phi) is 5.46. The van der Waals surface area contributed by atoms with Crippen molar-refractivity contribution in [3.05, 3.63) is 0 Å². The number of aliphatic carboxylic acids is 1. The van der Waals surface area contributed by atoms with Gasteiger partial charge < -0.3 is 9.84 Å². The third-order valence-corrected chi connectivity index (χ3v) is 3.92. The van der Waals surface area contributed by atoms with Crippen LogP contribution in [0.2, 0.25) is 0 Å². The van der Waals surface area contributed by atoms with Gasteiger partial charge in [-0.15, -0.1) is 0 Å². The van der Waals surface area contributed by atoms with Gasteiger partial charge >= 0.3 is 12.1 Å². The van der Waals surface area contributed by atoms with Crippen molar-refractivity contribution < 1.29 is 24.2 Å². The Hall–Kier alpha value is -1.24. The van der Waals surface area contributed by atoms with E-state index in [0.29, 0.717) is 5.75 Å². The molecule has 0 aromatic heterocycles. The van der Waals surface area contributed by atoms with Crippen molar-refractivity contribution in [3.8, 4) is 0 Å². The van der Waals surface area contributed by atoms with Crippen molar-refractivity contribution in [3.63, 3.8) is 0 Å². The molecule has 7 heteroatoms. The number of carboxylic acid groups (broad SMARTS) is 1. The Bertz CT molecular complexity index is 340. The van der Waals surface area contributed by atoms with Gasteiger partial charge in [0.1, 0.15) is 0 Å². The van der Waals surface area contributed by atoms with Crippen molar-refractivity contribution >= 4 is 29.7 Å². The highest BCUT2D eigenvalue weighted by Gasteiger charge is 2.44. The Balaban J connectivity index is 2.16. The van der Waals surface area contributed by atoms with E-state index in [1.54, 1.807) is 6.92 Å². The molecule has 0 aliphatic heterocycles. The van der Waals surface area contributed by atoms with Crippen LogP contribution >= 0.6 is 11.8 Å². The van der Waals surface area contributed by atoms with Gasteiger partial charge in [-0.05, 0) is 30.9 Å². The molecule has 1 aliphatic rings. The number of alkyl carbamates (subject to hydrolysis) is 1. The second-order valence-corrected chi connectivity index (χ2v) is 5.32. The Labute approximate surface area is 109 Å². The molecule has 0 bridgehead atoms. The molecule has 2 N–H and O–H groups in total. The third kappa shape index (κ3) is 5.39. The summed E-state index contributed by atoms with van der Waals surface area (Å²) in [5, 5.41) is 10.8. The SMILES string of the molecule is CCOC(=O)NC(=O)CSCC1(CC(=O)O)CC1. The number of ether oxygens (including phenoxy) is 1. The van der Waals surface area contributed by atoms with Gasteiger partial charge in [0.05, 0.1) is 18.8 Å². The lowest BCUT2D eigenvalue weighted by atomic mass is 10.1. The van der Waals surface area contributed by atoms with Gasteiger partial charge in [-0.25, -0.2) is 4.79 Å². The van der Waals surface area contributed by atoms with Gasteiger partial charge in [0.15, 0.2) is 0 Å². The van der Waals surface area contributed by atoms with Crippen LogP contribution in [0.4, 0.5) is 4.79 Å². The molecule has 6 nitrogen and oxygen atoms in total. The van der Waals surface area contributed by atoms with E-state index in [4.69, 9.17) is 5.11 Å².